The average molecular weight is 457 g/mol. The maximum Gasteiger partial charge on any atom is 0.407 e. The molecule has 34 heavy (non-hydrogen) atoms. The number of alkyl carbamates (subject to hydrolysis) is 1. The Hall–Kier alpha value is -3.57. The van der Waals surface area contributed by atoms with Crippen LogP contribution in [0.15, 0.2) is 78.9 Å². The van der Waals surface area contributed by atoms with Crippen molar-refractivity contribution < 1.29 is 14.3 Å². The van der Waals surface area contributed by atoms with Gasteiger partial charge in [0.15, 0.2) is 0 Å². The molecule has 3 aromatic rings. The van der Waals surface area contributed by atoms with Crippen LogP contribution in [0.3, 0.4) is 0 Å². The Bertz CT molecular complexity index is 1080. The second-order valence-corrected chi connectivity index (χ2v) is 8.66. The molecule has 0 heterocycles. The van der Waals surface area contributed by atoms with E-state index in [9.17, 15) is 4.79 Å². The molecular weight excluding hydrogens is 424 g/mol. The fourth-order valence-electron chi connectivity index (χ4n) is 4.15. The molecule has 5 heteroatoms. The number of nitrogens with zero attached hydrogens (tertiary/aromatic N) is 1. The normalized spacial score (nSPS) is 12.6. The number of rotatable bonds is 10. The van der Waals surface area contributed by atoms with Crippen molar-refractivity contribution in [2.75, 3.05) is 40.4 Å². The summed E-state index contributed by atoms with van der Waals surface area (Å²) in [7, 11) is 4.05. The fraction of sp³-hybridized carbons (Fsp3) is 0.276. The van der Waals surface area contributed by atoms with E-state index in [0.717, 1.165) is 24.3 Å². The smallest absolute Gasteiger partial charge is 0.407 e. The van der Waals surface area contributed by atoms with Crippen LogP contribution in [0.4, 0.5) is 4.79 Å². The molecule has 0 aliphatic heterocycles. The highest BCUT2D eigenvalue weighted by Crippen LogP contribution is 2.44. The summed E-state index contributed by atoms with van der Waals surface area (Å²) in [5, 5.41) is 2.85. The van der Waals surface area contributed by atoms with Crippen molar-refractivity contribution in [3.63, 3.8) is 0 Å². The highest BCUT2D eigenvalue weighted by molar-refractivity contribution is 5.79. The average Bonchev–Trinajstić information content (AvgIpc) is 3.17. The van der Waals surface area contributed by atoms with E-state index in [0.29, 0.717) is 19.8 Å². The summed E-state index contributed by atoms with van der Waals surface area (Å²) in [6.45, 7) is 2.42. The number of hydrogen-bond donors (Lipinski definition) is 1. The minimum absolute atomic E-state index is 0.0767. The second-order valence-electron chi connectivity index (χ2n) is 8.66. The molecule has 1 N–H and O–H groups in total. The van der Waals surface area contributed by atoms with Crippen molar-refractivity contribution >= 4 is 12.2 Å². The van der Waals surface area contributed by atoms with Crippen LogP contribution in [0.1, 0.15) is 29.0 Å². The lowest BCUT2D eigenvalue weighted by Crippen LogP contribution is -2.26. The Kier molecular flexibility index (Phi) is 7.99. The molecule has 0 spiro atoms. The Labute approximate surface area is 202 Å². The summed E-state index contributed by atoms with van der Waals surface area (Å²) in [6.07, 6.45) is 4.44. The molecular formula is C29H32N2O3. The van der Waals surface area contributed by atoms with Crippen LogP contribution in [0.2, 0.25) is 0 Å². The molecule has 1 amide bonds. The lowest BCUT2D eigenvalue weighted by atomic mass is 9.98. The first-order valence-electron chi connectivity index (χ1n) is 11.7. The zero-order valence-electron chi connectivity index (χ0n) is 19.9. The number of ether oxygens (including phenoxy) is 2. The van der Waals surface area contributed by atoms with E-state index in [2.05, 4.69) is 34.5 Å². The Morgan fingerprint density at radius 3 is 2.24 bits per heavy atom. The minimum atomic E-state index is -0.380. The Balaban J connectivity index is 1.19. The molecule has 0 unspecified atom stereocenters. The first kappa shape index (κ1) is 23.6. The summed E-state index contributed by atoms with van der Waals surface area (Å²) < 4.78 is 11.3. The van der Waals surface area contributed by atoms with Crippen LogP contribution in [0.25, 0.3) is 17.2 Å². The molecule has 1 aliphatic rings. The van der Waals surface area contributed by atoms with Crippen molar-refractivity contribution in [3.8, 4) is 16.9 Å². The first-order valence-corrected chi connectivity index (χ1v) is 11.7. The van der Waals surface area contributed by atoms with Crippen LogP contribution in [0, 0.1) is 0 Å². The van der Waals surface area contributed by atoms with Crippen LogP contribution in [-0.2, 0) is 4.74 Å². The predicted octanol–water partition coefficient (Wildman–Crippen LogP) is 5.57. The molecule has 176 valence electrons. The second kappa shape index (κ2) is 11.5. The van der Waals surface area contributed by atoms with Gasteiger partial charge in [0.1, 0.15) is 19.0 Å². The molecule has 1 aliphatic carbocycles. The highest BCUT2D eigenvalue weighted by Gasteiger charge is 2.28. The number of amides is 1. The lowest BCUT2D eigenvalue weighted by molar-refractivity contribution is 0.143. The standard InChI is InChI=1S/C29H32N2O3/c1-31(2)19-20-33-23-16-14-22(15-17-23)9-7-8-18-30-29(32)34-21-28-26-12-5-3-10-24(26)25-11-4-6-13-27(25)28/h3-7,9-17,28H,8,18-21H2,1-2H3,(H,30,32). The van der Waals surface area contributed by atoms with Crippen molar-refractivity contribution in [1.82, 2.24) is 10.2 Å². The molecule has 4 rings (SSSR count). The predicted molar refractivity (Wildman–Crippen MR) is 137 cm³/mol. The van der Waals surface area contributed by atoms with Crippen molar-refractivity contribution in [2.24, 2.45) is 0 Å². The zero-order valence-corrected chi connectivity index (χ0v) is 19.9. The number of carbonyl (C=O) groups excluding carboxylic acids is 1. The van der Waals surface area contributed by atoms with Crippen molar-refractivity contribution in [1.29, 1.82) is 0 Å². The Morgan fingerprint density at radius 2 is 1.59 bits per heavy atom. The summed E-state index contributed by atoms with van der Waals surface area (Å²) in [5.74, 6) is 0.948. The lowest BCUT2D eigenvalue weighted by Gasteiger charge is -2.14. The van der Waals surface area contributed by atoms with Gasteiger partial charge >= 0.3 is 6.09 Å². The van der Waals surface area contributed by atoms with E-state index in [1.165, 1.54) is 22.3 Å². The maximum atomic E-state index is 12.2. The van der Waals surface area contributed by atoms with E-state index in [1.54, 1.807) is 0 Å². The van der Waals surface area contributed by atoms with Gasteiger partial charge in [-0.15, -0.1) is 0 Å². The summed E-state index contributed by atoms with van der Waals surface area (Å²) >= 11 is 0. The van der Waals surface area contributed by atoms with Gasteiger partial charge in [0.05, 0.1) is 0 Å². The SMILES string of the molecule is CN(C)CCOc1ccc(C=CCCNC(=O)OCC2c3ccccc3-c3ccccc32)cc1. The summed E-state index contributed by atoms with van der Waals surface area (Å²) in [5.41, 5.74) is 5.99. The molecule has 0 aromatic heterocycles. The van der Waals surface area contributed by atoms with E-state index in [4.69, 9.17) is 9.47 Å². The van der Waals surface area contributed by atoms with Gasteiger partial charge in [-0.3, -0.25) is 0 Å². The molecule has 0 atom stereocenters. The summed E-state index contributed by atoms with van der Waals surface area (Å²) in [4.78, 5) is 14.3. The van der Waals surface area contributed by atoms with Crippen molar-refractivity contribution in [2.45, 2.75) is 12.3 Å². The van der Waals surface area contributed by atoms with Crippen LogP contribution in [-0.4, -0.2) is 51.4 Å². The highest BCUT2D eigenvalue weighted by atomic mass is 16.5. The first-order chi connectivity index (χ1) is 16.6. The van der Waals surface area contributed by atoms with Gasteiger partial charge in [-0.2, -0.15) is 0 Å². The maximum absolute atomic E-state index is 12.2. The molecule has 0 saturated carbocycles. The monoisotopic (exact) mass is 456 g/mol. The number of fused-ring (bicyclic) bond motifs is 3. The molecule has 0 saturated heterocycles. The van der Waals surface area contributed by atoms with E-state index >= 15 is 0 Å². The minimum Gasteiger partial charge on any atom is -0.492 e. The molecule has 0 bridgehead atoms. The van der Waals surface area contributed by atoms with Crippen molar-refractivity contribution in [3.05, 3.63) is 95.6 Å². The third kappa shape index (κ3) is 6.06. The number of likely N-dealkylation sites (N-methyl/N-ethyl adjacent to an activating group) is 1. The number of benzene rings is 3. The third-order valence-corrected chi connectivity index (χ3v) is 5.92. The van der Waals surface area contributed by atoms with Crippen LogP contribution in [0.5, 0.6) is 5.75 Å². The van der Waals surface area contributed by atoms with E-state index in [-0.39, 0.29) is 12.0 Å². The zero-order chi connectivity index (χ0) is 23.8. The summed E-state index contributed by atoms with van der Waals surface area (Å²) in [6, 6.07) is 24.7. The van der Waals surface area contributed by atoms with Gasteiger partial charge in [-0.1, -0.05) is 72.8 Å². The van der Waals surface area contributed by atoms with Gasteiger partial charge in [0.25, 0.3) is 0 Å². The van der Waals surface area contributed by atoms with E-state index < -0.39 is 0 Å². The van der Waals surface area contributed by atoms with Gasteiger partial charge in [-0.05, 0) is 60.5 Å². The van der Waals surface area contributed by atoms with Gasteiger partial charge in [0, 0.05) is 19.0 Å². The Morgan fingerprint density at radius 1 is 0.941 bits per heavy atom. The largest absolute Gasteiger partial charge is 0.492 e. The van der Waals surface area contributed by atoms with Gasteiger partial charge in [0.2, 0.25) is 0 Å². The fourth-order valence-corrected chi connectivity index (χ4v) is 4.15. The van der Waals surface area contributed by atoms with E-state index in [1.807, 2.05) is 74.8 Å². The number of nitrogens with one attached hydrogen (secondary N) is 1. The molecule has 0 radical (unpaired) electrons. The van der Waals surface area contributed by atoms with Crippen LogP contribution >= 0.6 is 0 Å². The van der Waals surface area contributed by atoms with Gasteiger partial charge < -0.3 is 19.7 Å². The number of carbonyl (C=O) groups is 1. The van der Waals surface area contributed by atoms with Gasteiger partial charge in [-0.25, -0.2) is 4.79 Å². The quantitative estimate of drug-likeness (QED) is 0.405. The molecule has 5 nitrogen and oxygen atoms in total. The molecule has 3 aromatic carbocycles. The topological polar surface area (TPSA) is 50.8 Å². The third-order valence-electron chi connectivity index (χ3n) is 5.92. The van der Waals surface area contributed by atoms with Crippen LogP contribution < -0.4 is 10.1 Å². The molecule has 0 fully saturated rings. The number of hydrogen-bond acceptors (Lipinski definition) is 4.